The number of aromatic nitrogens is 2. The zero-order chi connectivity index (χ0) is 20.9. The lowest BCUT2D eigenvalue weighted by Crippen LogP contribution is -2.29. The molecule has 7 heteroatoms. The average Bonchev–Trinajstić information content (AvgIpc) is 2.92. The van der Waals surface area contributed by atoms with Crippen LogP contribution >= 0.6 is 0 Å². The van der Waals surface area contributed by atoms with Crippen LogP contribution in [0.2, 0.25) is 0 Å². The first-order valence-electron chi connectivity index (χ1n) is 9.86. The molecule has 1 aliphatic rings. The van der Waals surface area contributed by atoms with Crippen molar-refractivity contribution in [1.82, 2.24) is 9.55 Å². The summed E-state index contributed by atoms with van der Waals surface area (Å²) in [5, 5.41) is 9.84. The smallest absolute Gasteiger partial charge is 0.183 e. The summed E-state index contributed by atoms with van der Waals surface area (Å²) in [5.41, 5.74) is 1.44. The molecule has 1 aliphatic heterocycles. The van der Waals surface area contributed by atoms with Crippen LogP contribution in [0.3, 0.4) is 0 Å². The number of nitrogens with zero attached hydrogens (tertiary/aromatic N) is 2. The fraction of sp³-hybridized carbons (Fsp3) is 0.667. The molecule has 2 unspecified atom stereocenters. The summed E-state index contributed by atoms with van der Waals surface area (Å²) in [6.45, 7) is 12.7. The van der Waals surface area contributed by atoms with E-state index in [0.29, 0.717) is 29.4 Å². The monoisotopic (exact) mass is 408 g/mol. The van der Waals surface area contributed by atoms with E-state index in [9.17, 15) is 13.5 Å². The molecule has 28 heavy (non-hydrogen) atoms. The van der Waals surface area contributed by atoms with Gasteiger partial charge in [-0.1, -0.05) is 20.8 Å². The molecule has 156 valence electrons. The standard InChI is InChI=1S/C21H32N2O4S/c1-20(2,3)19-22-16-12-15(28(25,26)21(4,5)6)7-8-17(16)23(19)13-14-9-10-27-18(24)11-14/h7-8,12,14,18,24H,9-11,13H2,1-6H3. The molecule has 1 saturated heterocycles. The van der Waals surface area contributed by atoms with Gasteiger partial charge in [0.05, 0.1) is 27.3 Å². The summed E-state index contributed by atoms with van der Waals surface area (Å²) >= 11 is 0. The molecule has 0 aliphatic carbocycles. The van der Waals surface area contributed by atoms with E-state index in [0.717, 1.165) is 24.3 Å². The van der Waals surface area contributed by atoms with Gasteiger partial charge in [-0.3, -0.25) is 0 Å². The minimum absolute atomic E-state index is 0.189. The Hall–Kier alpha value is -1.44. The van der Waals surface area contributed by atoms with Crippen LogP contribution in [-0.4, -0.2) is 40.7 Å². The SMILES string of the molecule is CC(C)(C)c1nc2cc(S(=O)(=O)C(C)(C)C)ccc2n1CC1CCOC(O)C1. The van der Waals surface area contributed by atoms with Crippen LogP contribution in [-0.2, 0) is 26.5 Å². The summed E-state index contributed by atoms with van der Waals surface area (Å²) in [6.07, 6.45) is 0.770. The van der Waals surface area contributed by atoms with Crippen LogP contribution in [0.5, 0.6) is 0 Å². The Morgan fingerprint density at radius 2 is 1.89 bits per heavy atom. The molecule has 2 heterocycles. The molecular formula is C21H32N2O4S. The van der Waals surface area contributed by atoms with Gasteiger partial charge in [-0.2, -0.15) is 0 Å². The largest absolute Gasteiger partial charge is 0.368 e. The minimum Gasteiger partial charge on any atom is -0.368 e. The van der Waals surface area contributed by atoms with Crippen molar-refractivity contribution < 1.29 is 18.3 Å². The van der Waals surface area contributed by atoms with Gasteiger partial charge in [0.25, 0.3) is 0 Å². The number of aliphatic hydroxyl groups is 1. The Labute approximate surface area is 167 Å². The number of rotatable bonds is 3. The number of hydrogen-bond donors (Lipinski definition) is 1. The Kier molecular flexibility index (Phi) is 5.40. The van der Waals surface area contributed by atoms with Gasteiger partial charge in [0.15, 0.2) is 16.1 Å². The van der Waals surface area contributed by atoms with Crippen molar-refractivity contribution in [3.05, 3.63) is 24.0 Å². The lowest BCUT2D eigenvalue weighted by molar-refractivity contribution is -0.139. The summed E-state index contributed by atoms with van der Waals surface area (Å²) in [7, 11) is -3.44. The lowest BCUT2D eigenvalue weighted by atomic mass is 9.94. The van der Waals surface area contributed by atoms with Gasteiger partial charge in [-0.15, -0.1) is 0 Å². The van der Waals surface area contributed by atoms with Crippen LogP contribution in [0.15, 0.2) is 23.1 Å². The van der Waals surface area contributed by atoms with E-state index in [4.69, 9.17) is 9.72 Å². The molecule has 0 radical (unpaired) electrons. The molecule has 0 spiro atoms. The molecule has 6 nitrogen and oxygen atoms in total. The van der Waals surface area contributed by atoms with Gasteiger partial charge in [0.1, 0.15) is 5.82 Å². The van der Waals surface area contributed by atoms with Gasteiger partial charge in [0, 0.05) is 18.4 Å². The molecule has 0 amide bonds. The molecular weight excluding hydrogens is 376 g/mol. The molecule has 0 bridgehead atoms. The molecule has 2 atom stereocenters. The Bertz CT molecular complexity index is 965. The highest BCUT2D eigenvalue weighted by Gasteiger charge is 2.32. The van der Waals surface area contributed by atoms with Crippen LogP contribution in [0.4, 0.5) is 0 Å². The molecule has 1 fully saturated rings. The van der Waals surface area contributed by atoms with Crippen LogP contribution in [0.25, 0.3) is 11.0 Å². The summed E-state index contributed by atoms with van der Waals surface area (Å²) < 4.78 is 32.3. The third kappa shape index (κ3) is 3.98. The number of imidazole rings is 1. The normalized spacial score (nSPS) is 22.0. The zero-order valence-electron chi connectivity index (χ0n) is 17.7. The zero-order valence-corrected chi connectivity index (χ0v) is 18.5. The van der Waals surface area contributed by atoms with Crippen molar-refractivity contribution in [1.29, 1.82) is 0 Å². The Morgan fingerprint density at radius 3 is 2.46 bits per heavy atom. The van der Waals surface area contributed by atoms with Crippen LogP contribution in [0.1, 0.15) is 60.2 Å². The van der Waals surface area contributed by atoms with Crippen molar-refractivity contribution in [3.63, 3.8) is 0 Å². The first-order chi connectivity index (χ1) is 12.8. The molecule has 0 saturated carbocycles. The Balaban J connectivity index is 2.09. The predicted molar refractivity (Wildman–Crippen MR) is 110 cm³/mol. The van der Waals surface area contributed by atoms with Crippen LogP contribution in [0, 0.1) is 5.92 Å². The van der Waals surface area contributed by atoms with E-state index in [2.05, 4.69) is 25.3 Å². The third-order valence-corrected chi connectivity index (χ3v) is 7.81. The molecule has 1 aromatic heterocycles. The van der Waals surface area contributed by atoms with E-state index >= 15 is 0 Å². The quantitative estimate of drug-likeness (QED) is 0.838. The summed E-state index contributed by atoms with van der Waals surface area (Å²) in [4.78, 5) is 5.13. The van der Waals surface area contributed by atoms with Gasteiger partial charge < -0.3 is 14.4 Å². The fourth-order valence-electron chi connectivity index (χ4n) is 3.65. The third-order valence-electron chi connectivity index (χ3n) is 5.32. The van der Waals surface area contributed by atoms with Gasteiger partial charge in [-0.25, -0.2) is 13.4 Å². The molecule has 1 N–H and O–H groups in total. The van der Waals surface area contributed by atoms with Gasteiger partial charge in [-0.05, 0) is 51.3 Å². The van der Waals surface area contributed by atoms with E-state index in [1.165, 1.54) is 0 Å². The van der Waals surface area contributed by atoms with E-state index in [-0.39, 0.29) is 5.41 Å². The number of hydrogen-bond acceptors (Lipinski definition) is 5. The van der Waals surface area contributed by atoms with Crippen molar-refractivity contribution in [2.75, 3.05) is 6.61 Å². The second kappa shape index (κ2) is 7.11. The number of ether oxygens (including phenoxy) is 1. The van der Waals surface area contributed by atoms with Crippen molar-refractivity contribution in [2.45, 2.75) is 82.3 Å². The van der Waals surface area contributed by atoms with E-state index < -0.39 is 20.9 Å². The van der Waals surface area contributed by atoms with Gasteiger partial charge in [0.2, 0.25) is 0 Å². The first-order valence-corrected chi connectivity index (χ1v) is 11.3. The van der Waals surface area contributed by atoms with E-state index in [1.54, 1.807) is 32.9 Å². The van der Waals surface area contributed by atoms with Crippen LogP contribution < -0.4 is 0 Å². The highest BCUT2D eigenvalue weighted by Crippen LogP contribution is 2.32. The summed E-state index contributed by atoms with van der Waals surface area (Å²) in [5.74, 6) is 1.22. The maximum atomic E-state index is 12.9. The van der Waals surface area contributed by atoms with E-state index in [1.807, 2.05) is 6.07 Å². The molecule has 2 aromatic rings. The lowest BCUT2D eigenvalue weighted by Gasteiger charge is -2.28. The highest BCUT2D eigenvalue weighted by molar-refractivity contribution is 7.92. The second-order valence-corrected chi connectivity index (χ2v) is 12.5. The first kappa shape index (κ1) is 21.3. The number of fused-ring (bicyclic) bond motifs is 1. The number of benzene rings is 1. The van der Waals surface area contributed by atoms with Crippen molar-refractivity contribution in [2.24, 2.45) is 5.92 Å². The van der Waals surface area contributed by atoms with Crippen molar-refractivity contribution >= 4 is 20.9 Å². The minimum atomic E-state index is -3.44. The fourth-order valence-corrected chi connectivity index (χ4v) is 4.87. The summed E-state index contributed by atoms with van der Waals surface area (Å²) in [6, 6.07) is 5.25. The van der Waals surface area contributed by atoms with Crippen molar-refractivity contribution in [3.8, 4) is 0 Å². The predicted octanol–water partition coefficient (Wildman–Crippen LogP) is 3.65. The highest BCUT2D eigenvalue weighted by atomic mass is 32.2. The number of aliphatic hydroxyl groups excluding tert-OH is 1. The maximum Gasteiger partial charge on any atom is 0.183 e. The second-order valence-electron chi connectivity index (χ2n) is 9.78. The molecule has 1 aromatic carbocycles. The Morgan fingerprint density at radius 1 is 1.21 bits per heavy atom. The maximum absolute atomic E-state index is 12.9. The number of sulfone groups is 1. The average molecular weight is 409 g/mol. The molecule has 3 rings (SSSR count). The topological polar surface area (TPSA) is 81.4 Å². The van der Waals surface area contributed by atoms with Gasteiger partial charge >= 0.3 is 0 Å².